The number of amides is 1. The zero-order chi connectivity index (χ0) is 31.2. The van der Waals surface area contributed by atoms with Gasteiger partial charge < -0.3 is 29.8 Å². The van der Waals surface area contributed by atoms with Crippen LogP contribution in [-0.4, -0.2) is 78.1 Å². The number of carbonyl (C=O) groups excluding carboxylic acids is 2. The minimum absolute atomic E-state index is 0.180. The Balaban J connectivity index is 1.43. The van der Waals surface area contributed by atoms with Crippen LogP contribution in [0.1, 0.15) is 41.3 Å². The molecule has 0 atom stereocenters. The molecular formula is C32H33N7O5. The van der Waals surface area contributed by atoms with Gasteiger partial charge in [-0.05, 0) is 37.0 Å². The van der Waals surface area contributed by atoms with Crippen LogP contribution in [0.5, 0.6) is 17.5 Å². The number of carbonyl (C=O) groups is 2. The summed E-state index contributed by atoms with van der Waals surface area (Å²) in [5, 5.41) is 0.421. The lowest BCUT2D eigenvalue weighted by molar-refractivity contribution is -0.126. The number of Topliss-reactive ketones (excluding diaryl/α,β-unsaturated/α-hetero) is 1. The molecule has 3 N–H and O–H groups in total. The highest BCUT2D eigenvalue weighted by Gasteiger charge is 2.30. The number of likely N-dealkylation sites (tertiary alicyclic amines) is 1. The summed E-state index contributed by atoms with van der Waals surface area (Å²) in [4.78, 5) is 48.7. The summed E-state index contributed by atoms with van der Waals surface area (Å²) in [6.07, 6.45) is 5.35. The molecule has 0 saturated carbocycles. The van der Waals surface area contributed by atoms with Crippen LogP contribution in [-0.2, 0) is 4.79 Å². The first-order valence-electron chi connectivity index (χ1n) is 13.9. The molecule has 1 fully saturated rings. The van der Waals surface area contributed by atoms with Crippen molar-refractivity contribution < 1.29 is 23.8 Å². The lowest BCUT2D eigenvalue weighted by Crippen LogP contribution is -2.40. The Morgan fingerprint density at radius 3 is 2.41 bits per heavy atom. The standard InChI is InChI=1S/C32H33N7O5/c1-19(33)36-18-37-30-28-27(24(42-2)17-35-30)23(16-34-28)29(40)32(41)39-14-12-21(13-15-39)26(20-8-6-5-7-9-20)22-10-11-25(43-3)38-31(22)44-4/h5-11,16-18,34H,12-15H2,1-4H3,(H2,33,35,36,37). The maximum atomic E-state index is 13.6. The Labute approximate surface area is 254 Å². The minimum atomic E-state index is -0.650. The van der Waals surface area contributed by atoms with Crippen LogP contribution >= 0.6 is 0 Å². The van der Waals surface area contributed by atoms with E-state index in [0.29, 0.717) is 60.2 Å². The van der Waals surface area contributed by atoms with E-state index in [0.717, 1.165) is 22.3 Å². The molecule has 0 radical (unpaired) electrons. The van der Waals surface area contributed by atoms with E-state index in [1.165, 1.54) is 25.8 Å². The molecule has 5 rings (SSSR count). The summed E-state index contributed by atoms with van der Waals surface area (Å²) in [7, 11) is 4.60. The highest BCUT2D eigenvalue weighted by atomic mass is 16.5. The number of ketones is 1. The molecule has 1 aliphatic heterocycles. The molecule has 4 heterocycles. The SMILES string of the molecule is COc1ccc(C(=C2CCN(C(=O)C(=O)c3c[nH]c4c(N=CN=C(C)N)ncc(OC)c34)CC2)c2ccccc2)c(OC)n1. The predicted octanol–water partition coefficient (Wildman–Crippen LogP) is 4.33. The highest BCUT2D eigenvalue weighted by Crippen LogP contribution is 2.38. The second-order valence-corrected chi connectivity index (χ2v) is 9.99. The van der Waals surface area contributed by atoms with Gasteiger partial charge in [0.2, 0.25) is 11.8 Å². The average molecular weight is 596 g/mol. The van der Waals surface area contributed by atoms with E-state index in [4.69, 9.17) is 19.9 Å². The summed E-state index contributed by atoms with van der Waals surface area (Å²) in [5.41, 5.74) is 10.2. The van der Waals surface area contributed by atoms with Gasteiger partial charge in [-0.3, -0.25) is 9.59 Å². The Bertz CT molecular complexity index is 1780. The molecule has 0 aliphatic carbocycles. The lowest BCUT2D eigenvalue weighted by atomic mass is 9.88. The molecule has 1 amide bonds. The number of amidine groups is 1. The van der Waals surface area contributed by atoms with Gasteiger partial charge in [-0.2, -0.15) is 4.98 Å². The van der Waals surface area contributed by atoms with E-state index in [2.05, 4.69) is 24.9 Å². The fraction of sp³-hybridized carbons (Fsp3) is 0.250. The number of nitrogens with two attached hydrogens (primary N) is 1. The Hall–Kier alpha value is -5.52. The van der Waals surface area contributed by atoms with Crippen molar-refractivity contribution in [3.05, 3.63) is 77.1 Å². The third-order valence-electron chi connectivity index (χ3n) is 7.33. The normalized spacial score (nSPS) is 13.8. The van der Waals surface area contributed by atoms with E-state index < -0.39 is 11.7 Å². The molecule has 1 aromatic carbocycles. The van der Waals surface area contributed by atoms with Crippen LogP contribution in [0.2, 0.25) is 0 Å². The van der Waals surface area contributed by atoms with Crippen molar-refractivity contribution >= 4 is 46.2 Å². The molecule has 4 aromatic rings. The van der Waals surface area contributed by atoms with E-state index >= 15 is 0 Å². The number of rotatable bonds is 9. The summed E-state index contributed by atoms with van der Waals surface area (Å²) < 4.78 is 16.4. The third kappa shape index (κ3) is 6.00. The van der Waals surface area contributed by atoms with Crippen LogP contribution in [0.15, 0.2) is 70.4 Å². The summed E-state index contributed by atoms with van der Waals surface area (Å²) in [6, 6.07) is 13.7. The number of H-pyrrole nitrogens is 1. The number of piperidine rings is 1. The fourth-order valence-electron chi connectivity index (χ4n) is 5.24. The van der Waals surface area contributed by atoms with Crippen molar-refractivity contribution in [2.24, 2.45) is 15.7 Å². The van der Waals surface area contributed by atoms with Crippen LogP contribution < -0.4 is 19.9 Å². The maximum absolute atomic E-state index is 13.6. The first-order valence-corrected chi connectivity index (χ1v) is 13.9. The number of pyridine rings is 2. The van der Waals surface area contributed by atoms with Crippen LogP contribution in [0.25, 0.3) is 16.5 Å². The molecule has 0 spiro atoms. The largest absolute Gasteiger partial charge is 0.494 e. The van der Waals surface area contributed by atoms with E-state index in [1.54, 1.807) is 32.1 Å². The second kappa shape index (κ2) is 13.2. The van der Waals surface area contributed by atoms with Crippen molar-refractivity contribution in [3.8, 4) is 17.5 Å². The Morgan fingerprint density at radius 1 is 1.00 bits per heavy atom. The number of aromatic nitrogens is 3. The Morgan fingerprint density at radius 2 is 1.75 bits per heavy atom. The van der Waals surface area contributed by atoms with Gasteiger partial charge in [0.05, 0.1) is 49.8 Å². The first-order chi connectivity index (χ1) is 21.4. The molecule has 3 aromatic heterocycles. The van der Waals surface area contributed by atoms with Gasteiger partial charge >= 0.3 is 0 Å². The summed E-state index contributed by atoms with van der Waals surface area (Å²) in [6.45, 7) is 2.37. The lowest BCUT2D eigenvalue weighted by Gasteiger charge is -2.30. The molecule has 226 valence electrons. The van der Waals surface area contributed by atoms with Gasteiger partial charge in [-0.25, -0.2) is 15.0 Å². The number of hydrogen-bond donors (Lipinski definition) is 2. The number of methoxy groups -OCH3 is 3. The summed E-state index contributed by atoms with van der Waals surface area (Å²) in [5.74, 6) is 0.604. The number of ether oxygens (including phenoxy) is 3. The molecule has 12 heteroatoms. The number of fused-ring (bicyclic) bond motifs is 1. The van der Waals surface area contributed by atoms with Crippen LogP contribution in [0.4, 0.5) is 5.82 Å². The van der Waals surface area contributed by atoms with Crippen molar-refractivity contribution in [1.82, 2.24) is 19.9 Å². The number of nitrogens with zero attached hydrogens (tertiary/aromatic N) is 5. The average Bonchev–Trinajstić information content (AvgIpc) is 3.51. The number of aromatic amines is 1. The fourth-order valence-corrected chi connectivity index (χ4v) is 5.24. The van der Waals surface area contributed by atoms with Gasteiger partial charge in [0.1, 0.15) is 12.1 Å². The van der Waals surface area contributed by atoms with Crippen molar-refractivity contribution in [3.63, 3.8) is 0 Å². The smallest absolute Gasteiger partial charge is 0.295 e. The maximum Gasteiger partial charge on any atom is 0.295 e. The molecular weight excluding hydrogens is 562 g/mol. The van der Waals surface area contributed by atoms with E-state index in [9.17, 15) is 9.59 Å². The zero-order valence-electron chi connectivity index (χ0n) is 25.0. The Kier molecular flexibility index (Phi) is 8.98. The van der Waals surface area contributed by atoms with Gasteiger partial charge in [0.15, 0.2) is 5.82 Å². The molecule has 0 unspecified atom stereocenters. The molecule has 1 saturated heterocycles. The molecule has 1 aliphatic rings. The quantitative estimate of drug-likeness (QED) is 0.125. The summed E-state index contributed by atoms with van der Waals surface area (Å²) >= 11 is 0. The van der Waals surface area contributed by atoms with Crippen molar-refractivity contribution in [2.75, 3.05) is 34.4 Å². The van der Waals surface area contributed by atoms with Gasteiger partial charge in [0.25, 0.3) is 11.7 Å². The highest BCUT2D eigenvalue weighted by molar-refractivity contribution is 6.45. The van der Waals surface area contributed by atoms with Gasteiger partial charge in [-0.15, -0.1) is 0 Å². The monoisotopic (exact) mass is 595 g/mol. The van der Waals surface area contributed by atoms with E-state index in [1.807, 2.05) is 36.4 Å². The molecule has 44 heavy (non-hydrogen) atoms. The topological polar surface area (TPSA) is 157 Å². The van der Waals surface area contributed by atoms with E-state index in [-0.39, 0.29) is 11.4 Å². The number of aliphatic imine (C=N–C) groups is 2. The van der Waals surface area contributed by atoms with Gasteiger partial charge in [0, 0.05) is 30.9 Å². The van der Waals surface area contributed by atoms with Gasteiger partial charge in [-0.1, -0.05) is 35.9 Å². The minimum Gasteiger partial charge on any atom is -0.494 e. The zero-order valence-corrected chi connectivity index (χ0v) is 25.0. The number of hydrogen-bond acceptors (Lipinski definition) is 8. The van der Waals surface area contributed by atoms with Crippen molar-refractivity contribution in [1.29, 1.82) is 0 Å². The van der Waals surface area contributed by atoms with Crippen LogP contribution in [0.3, 0.4) is 0 Å². The molecule has 12 nitrogen and oxygen atoms in total. The van der Waals surface area contributed by atoms with Crippen molar-refractivity contribution in [2.45, 2.75) is 19.8 Å². The second-order valence-electron chi connectivity index (χ2n) is 9.99. The first kappa shape index (κ1) is 30.0. The number of nitrogens with one attached hydrogen (secondary N) is 1. The number of benzene rings is 1. The predicted molar refractivity (Wildman–Crippen MR) is 168 cm³/mol. The van der Waals surface area contributed by atoms with Crippen LogP contribution in [0, 0.1) is 0 Å². The molecule has 0 bridgehead atoms. The third-order valence-corrected chi connectivity index (χ3v) is 7.33.